The monoisotopic (exact) mass is 283 g/mol. The fourth-order valence-electron chi connectivity index (χ4n) is 2.32. The van der Waals surface area contributed by atoms with Gasteiger partial charge in [0.2, 0.25) is 10.0 Å². The minimum atomic E-state index is -3.44. The topological polar surface area (TPSA) is 74.7 Å². The number of aliphatic carboxylic acids is 1. The predicted molar refractivity (Wildman–Crippen MR) is 71.4 cm³/mol. The molecule has 1 unspecified atom stereocenters. The molecule has 1 atom stereocenters. The van der Waals surface area contributed by atoms with Gasteiger partial charge >= 0.3 is 5.97 Å². The summed E-state index contributed by atoms with van der Waals surface area (Å²) in [6.45, 7) is 0.924. The zero-order valence-corrected chi connectivity index (χ0v) is 11.3. The molecule has 0 spiro atoms. The van der Waals surface area contributed by atoms with E-state index in [4.69, 9.17) is 5.11 Å². The molecule has 0 bridgehead atoms. The van der Waals surface area contributed by atoms with E-state index in [2.05, 4.69) is 0 Å². The number of nitrogens with zero attached hydrogens (tertiary/aromatic N) is 1. The second kappa shape index (κ2) is 5.71. The summed E-state index contributed by atoms with van der Waals surface area (Å²) in [7, 11) is -3.44. The average molecular weight is 283 g/mol. The van der Waals surface area contributed by atoms with E-state index in [1.807, 2.05) is 30.3 Å². The fraction of sp³-hybridized carbons (Fsp3) is 0.462. The molecule has 1 heterocycles. The largest absolute Gasteiger partial charge is 0.481 e. The lowest BCUT2D eigenvalue weighted by Gasteiger charge is -2.16. The molecule has 1 aromatic carbocycles. The van der Waals surface area contributed by atoms with Gasteiger partial charge < -0.3 is 5.11 Å². The van der Waals surface area contributed by atoms with Crippen LogP contribution in [0, 0.1) is 0 Å². The van der Waals surface area contributed by atoms with Crippen LogP contribution in [0.2, 0.25) is 0 Å². The second-order valence-electron chi connectivity index (χ2n) is 4.71. The highest BCUT2D eigenvalue weighted by molar-refractivity contribution is 7.89. The number of sulfonamides is 1. The first-order valence-corrected chi connectivity index (χ1v) is 7.84. The summed E-state index contributed by atoms with van der Waals surface area (Å²) < 4.78 is 25.4. The first-order chi connectivity index (χ1) is 8.99. The standard InChI is InChI=1S/C13H17NO4S/c15-13(16)7-9-19(17,18)14-8-6-12(10-14)11-4-2-1-3-5-11/h1-5,12H,6-10H2,(H,15,16). The molecule has 104 valence electrons. The van der Waals surface area contributed by atoms with Crippen molar-refractivity contribution < 1.29 is 18.3 Å². The molecule has 0 aliphatic carbocycles. The summed E-state index contributed by atoms with van der Waals surface area (Å²) in [5, 5.41) is 8.57. The van der Waals surface area contributed by atoms with Crippen LogP contribution in [0.15, 0.2) is 30.3 Å². The molecule has 1 N–H and O–H groups in total. The number of hydrogen-bond donors (Lipinski definition) is 1. The van der Waals surface area contributed by atoms with E-state index < -0.39 is 16.0 Å². The molecule has 1 aromatic rings. The lowest BCUT2D eigenvalue weighted by molar-refractivity contribution is -0.136. The molecular weight excluding hydrogens is 266 g/mol. The van der Waals surface area contributed by atoms with Crippen molar-refractivity contribution in [3.8, 4) is 0 Å². The van der Waals surface area contributed by atoms with E-state index in [0.29, 0.717) is 13.1 Å². The Balaban J connectivity index is 2.00. The summed E-state index contributed by atoms with van der Waals surface area (Å²) in [5.41, 5.74) is 1.14. The molecular formula is C13H17NO4S. The molecule has 2 rings (SSSR count). The highest BCUT2D eigenvalue weighted by atomic mass is 32.2. The van der Waals surface area contributed by atoms with Gasteiger partial charge in [0.25, 0.3) is 0 Å². The van der Waals surface area contributed by atoms with Crippen molar-refractivity contribution >= 4 is 16.0 Å². The van der Waals surface area contributed by atoms with Crippen LogP contribution in [0.5, 0.6) is 0 Å². The molecule has 1 saturated heterocycles. The van der Waals surface area contributed by atoms with Crippen LogP contribution in [0.3, 0.4) is 0 Å². The maximum absolute atomic E-state index is 12.0. The van der Waals surface area contributed by atoms with Gasteiger partial charge in [-0.05, 0) is 17.9 Å². The van der Waals surface area contributed by atoms with Crippen molar-refractivity contribution in [1.82, 2.24) is 4.31 Å². The number of benzene rings is 1. The molecule has 0 saturated carbocycles. The van der Waals surface area contributed by atoms with Gasteiger partial charge in [-0.15, -0.1) is 0 Å². The molecule has 0 amide bonds. The van der Waals surface area contributed by atoms with E-state index in [-0.39, 0.29) is 18.1 Å². The number of rotatable bonds is 5. The summed E-state index contributed by atoms with van der Waals surface area (Å²) in [6, 6.07) is 9.81. The quantitative estimate of drug-likeness (QED) is 0.883. The van der Waals surface area contributed by atoms with Gasteiger partial charge in [0.15, 0.2) is 0 Å². The Kier molecular flexibility index (Phi) is 4.21. The van der Waals surface area contributed by atoms with Crippen LogP contribution >= 0.6 is 0 Å². The number of hydrogen-bond acceptors (Lipinski definition) is 3. The van der Waals surface area contributed by atoms with Gasteiger partial charge in [-0.2, -0.15) is 0 Å². The molecule has 5 nitrogen and oxygen atoms in total. The Morgan fingerprint density at radius 1 is 1.32 bits per heavy atom. The predicted octanol–water partition coefficient (Wildman–Crippen LogP) is 1.28. The Labute approximate surface area is 112 Å². The van der Waals surface area contributed by atoms with Crippen LogP contribution in [0.25, 0.3) is 0 Å². The molecule has 1 fully saturated rings. The van der Waals surface area contributed by atoms with Gasteiger partial charge in [-0.25, -0.2) is 12.7 Å². The lowest BCUT2D eigenvalue weighted by Crippen LogP contribution is -2.31. The molecule has 0 radical (unpaired) electrons. The van der Waals surface area contributed by atoms with Crippen molar-refractivity contribution in [3.63, 3.8) is 0 Å². The zero-order valence-electron chi connectivity index (χ0n) is 10.5. The normalized spacial score (nSPS) is 20.5. The smallest absolute Gasteiger partial charge is 0.304 e. The third kappa shape index (κ3) is 3.54. The summed E-state index contributed by atoms with van der Waals surface area (Å²) >= 11 is 0. The van der Waals surface area contributed by atoms with E-state index >= 15 is 0 Å². The number of carboxylic acids is 1. The van der Waals surface area contributed by atoms with E-state index in [1.165, 1.54) is 4.31 Å². The highest BCUT2D eigenvalue weighted by Gasteiger charge is 2.32. The van der Waals surface area contributed by atoms with Crippen molar-refractivity contribution in [2.45, 2.75) is 18.8 Å². The zero-order chi connectivity index (χ0) is 13.9. The fourth-order valence-corrected chi connectivity index (χ4v) is 3.80. The maximum atomic E-state index is 12.0. The van der Waals surface area contributed by atoms with Gasteiger partial charge in [0, 0.05) is 13.1 Å². The summed E-state index contributed by atoms with van der Waals surface area (Å²) in [4.78, 5) is 10.5. The average Bonchev–Trinajstić information content (AvgIpc) is 2.88. The van der Waals surface area contributed by atoms with Crippen molar-refractivity contribution in [2.24, 2.45) is 0 Å². The highest BCUT2D eigenvalue weighted by Crippen LogP contribution is 2.28. The minimum absolute atomic E-state index is 0.209. The van der Waals surface area contributed by atoms with E-state index in [0.717, 1.165) is 12.0 Å². The van der Waals surface area contributed by atoms with Crippen LogP contribution in [-0.4, -0.2) is 42.6 Å². The molecule has 6 heteroatoms. The van der Waals surface area contributed by atoms with Crippen LogP contribution in [-0.2, 0) is 14.8 Å². The van der Waals surface area contributed by atoms with E-state index in [1.54, 1.807) is 0 Å². The summed E-state index contributed by atoms with van der Waals surface area (Å²) in [5.74, 6) is -1.19. The third-order valence-corrected chi connectivity index (χ3v) is 5.23. The third-order valence-electron chi connectivity index (χ3n) is 3.39. The van der Waals surface area contributed by atoms with Crippen LogP contribution < -0.4 is 0 Å². The number of carbonyl (C=O) groups is 1. The van der Waals surface area contributed by atoms with Crippen molar-refractivity contribution in [3.05, 3.63) is 35.9 Å². The Bertz CT molecular complexity index is 541. The molecule has 0 aromatic heterocycles. The Hall–Kier alpha value is -1.40. The first-order valence-electron chi connectivity index (χ1n) is 6.23. The molecule has 19 heavy (non-hydrogen) atoms. The Morgan fingerprint density at radius 3 is 2.63 bits per heavy atom. The van der Waals surface area contributed by atoms with Crippen molar-refractivity contribution in [1.29, 1.82) is 0 Å². The minimum Gasteiger partial charge on any atom is -0.481 e. The second-order valence-corrected chi connectivity index (χ2v) is 6.80. The Morgan fingerprint density at radius 2 is 2.00 bits per heavy atom. The van der Waals surface area contributed by atoms with Gasteiger partial charge in [0.1, 0.15) is 0 Å². The summed E-state index contributed by atoms with van der Waals surface area (Å²) in [6.07, 6.45) is 0.450. The maximum Gasteiger partial charge on any atom is 0.304 e. The van der Waals surface area contributed by atoms with Crippen LogP contribution in [0.4, 0.5) is 0 Å². The molecule has 1 aliphatic rings. The van der Waals surface area contributed by atoms with Gasteiger partial charge in [-0.3, -0.25) is 4.79 Å². The number of carboxylic acid groups (broad SMARTS) is 1. The van der Waals surface area contributed by atoms with Crippen LogP contribution in [0.1, 0.15) is 24.3 Å². The van der Waals surface area contributed by atoms with Gasteiger partial charge in [0.05, 0.1) is 12.2 Å². The van der Waals surface area contributed by atoms with E-state index in [9.17, 15) is 13.2 Å². The first kappa shape index (κ1) is 14.0. The molecule has 1 aliphatic heterocycles. The van der Waals surface area contributed by atoms with Gasteiger partial charge in [-0.1, -0.05) is 30.3 Å². The SMILES string of the molecule is O=C(O)CCS(=O)(=O)N1CCC(c2ccccc2)C1. The van der Waals surface area contributed by atoms with Crippen molar-refractivity contribution in [2.75, 3.05) is 18.8 Å². The lowest BCUT2D eigenvalue weighted by atomic mass is 9.99.